The van der Waals surface area contributed by atoms with E-state index in [-0.39, 0.29) is 17.5 Å². The molecule has 2 nitrogen and oxygen atoms in total. The summed E-state index contributed by atoms with van der Waals surface area (Å²) in [6.07, 6.45) is 0.636. The zero-order valence-corrected chi connectivity index (χ0v) is 8.56. The molecule has 1 rings (SSSR count). The van der Waals surface area contributed by atoms with Crippen molar-refractivity contribution in [2.24, 2.45) is 0 Å². The number of halogens is 1. The van der Waals surface area contributed by atoms with Crippen molar-refractivity contribution in [3.05, 3.63) is 35.6 Å². The first-order chi connectivity index (χ1) is 6.72. The third-order valence-corrected chi connectivity index (χ3v) is 2.06. The Hall–Kier alpha value is -1.03. The van der Waals surface area contributed by atoms with Crippen LogP contribution in [0.25, 0.3) is 0 Å². The molecular weight excluding hydrogens is 201 g/mol. The van der Waals surface area contributed by atoms with E-state index in [0.29, 0.717) is 13.0 Å². The summed E-state index contributed by atoms with van der Waals surface area (Å²) in [5.74, 6) is -0.170. The number of benzene rings is 1. The lowest BCUT2D eigenvalue weighted by Crippen LogP contribution is -2.26. The van der Waals surface area contributed by atoms with Crippen LogP contribution in [-0.2, 0) is 11.2 Å². The van der Waals surface area contributed by atoms with Gasteiger partial charge in [0.05, 0.1) is 5.75 Å². The van der Waals surface area contributed by atoms with E-state index in [4.69, 9.17) is 0 Å². The molecule has 76 valence electrons. The molecule has 1 N–H and O–H groups in total. The van der Waals surface area contributed by atoms with E-state index >= 15 is 0 Å². The first-order valence-electron chi connectivity index (χ1n) is 4.34. The van der Waals surface area contributed by atoms with Gasteiger partial charge in [-0.3, -0.25) is 4.79 Å². The molecule has 0 unspecified atom stereocenters. The molecule has 0 heterocycles. The molecule has 0 saturated heterocycles. The number of thiol groups is 1. The molecule has 0 radical (unpaired) electrons. The third-order valence-electron chi connectivity index (χ3n) is 1.77. The normalized spacial score (nSPS) is 9.86. The van der Waals surface area contributed by atoms with Crippen molar-refractivity contribution in [1.29, 1.82) is 0 Å². The van der Waals surface area contributed by atoms with Crippen LogP contribution in [0.5, 0.6) is 0 Å². The third kappa shape index (κ3) is 3.79. The summed E-state index contributed by atoms with van der Waals surface area (Å²) in [4.78, 5) is 10.8. The van der Waals surface area contributed by atoms with Crippen molar-refractivity contribution in [2.45, 2.75) is 6.42 Å². The number of carbonyl (C=O) groups is 1. The van der Waals surface area contributed by atoms with E-state index < -0.39 is 0 Å². The second-order valence-corrected chi connectivity index (χ2v) is 3.20. The van der Waals surface area contributed by atoms with Gasteiger partial charge in [0.1, 0.15) is 5.82 Å². The molecule has 0 aliphatic rings. The van der Waals surface area contributed by atoms with Crippen molar-refractivity contribution in [1.82, 2.24) is 5.32 Å². The van der Waals surface area contributed by atoms with Gasteiger partial charge in [0.25, 0.3) is 0 Å². The monoisotopic (exact) mass is 213 g/mol. The highest BCUT2D eigenvalue weighted by atomic mass is 32.1. The largest absolute Gasteiger partial charge is 0.355 e. The van der Waals surface area contributed by atoms with Gasteiger partial charge >= 0.3 is 0 Å². The van der Waals surface area contributed by atoms with Gasteiger partial charge in [-0.25, -0.2) is 4.39 Å². The van der Waals surface area contributed by atoms with Crippen LogP contribution in [0.2, 0.25) is 0 Å². The van der Waals surface area contributed by atoms with Crippen LogP contribution in [-0.4, -0.2) is 18.2 Å². The van der Waals surface area contributed by atoms with Crippen molar-refractivity contribution in [3.8, 4) is 0 Å². The molecular formula is C10H12FNOS. The van der Waals surface area contributed by atoms with Gasteiger partial charge in [-0.1, -0.05) is 12.1 Å². The maximum atomic E-state index is 12.7. The number of rotatable bonds is 4. The molecule has 1 amide bonds. The number of hydrogen-bond acceptors (Lipinski definition) is 2. The fourth-order valence-electron chi connectivity index (χ4n) is 1.09. The van der Waals surface area contributed by atoms with Crippen molar-refractivity contribution < 1.29 is 9.18 Å². The minimum absolute atomic E-state index is 0.107. The van der Waals surface area contributed by atoms with Crippen LogP contribution < -0.4 is 5.32 Å². The van der Waals surface area contributed by atoms with Crippen molar-refractivity contribution in [3.63, 3.8) is 0 Å². The summed E-state index contributed by atoms with van der Waals surface area (Å²) in [5.41, 5.74) is 0.879. The van der Waals surface area contributed by atoms with Gasteiger partial charge in [0.2, 0.25) is 5.91 Å². The molecule has 0 aliphatic heterocycles. The molecule has 4 heteroatoms. The Morgan fingerprint density at radius 3 is 2.93 bits per heavy atom. The summed E-state index contributed by atoms with van der Waals surface area (Å²) < 4.78 is 12.7. The van der Waals surface area contributed by atoms with Crippen LogP contribution in [0.4, 0.5) is 4.39 Å². The molecule has 0 atom stereocenters. The molecule has 0 bridgehead atoms. The number of nitrogens with one attached hydrogen (secondary N) is 1. The number of hydrogen-bond donors (Lipinski definition) is 2. The van der Waals surface area contributed by atoms with E-state index in [1.54, 1.807) is 6.07 Å². The predicted molar refractivity (Wildman–Crippen MR) is 57.0 cm³/mol. The highest BCUT2D eigenvalue weighted by Crippen LogP contribution is 2.03. The van der Waals surface area contributed by atoms with Crippen LogP contribution in [0.3, 0.4) is 0 Å². The Kier molecular flexibility index (Phi) is 4.46. The molecule has 0 fully saturated rings. The SMILES string of the molecule is O=C(CS)NCCc1cccc(F)c1. The lowest BCUT2D eigenvalue weighted by atomic mass is 10.1. The number of carbonyl (C=O) groups excluding carboxylic acids is 1. The molecule has 0 aromatic heterocycles. The summed E-state index contributed by atoms with van der Waals surface area (Å²) in [6.45, 7) is 0.517. The first-order valence-corrected chi connectivity index (χ1v) is 4.97. The Bertz CT molecular complexity index is 317. The Morgan fingerprint density at radius 1 is 1.50 bits per heavy atom. The maximum absolute atomic E-state index is 12.7. The summed E-state index contributed by atoms with van der Waals surface area (Å²) in [6, 6.07) is 6.35. The zero-order chi connectivity index (χ0) is 10.4. The quantitative estimate of drug-likeness (QED) is 0.728. The van der Waals surface area contributed by atoms with Gasteiger partial charge in [-0.05, 0) is 24.1 Å². The first kappa shape index (κ1) is 11.0. The van der Waals surface area contributed by atoms with Gasteiger partial charge in [-0.2, -0.15) is 12.6 Å². The van der Waals surface area contributed by atoms with Crippen LogP contribution in [0.1, 0.15) is 5.56 Å². The minimum Gasteiger partial charge on any atom is -0.355 e. The Balaban J connectivity index is 2.35. The molecule has 0 saturated carbocycles. The van der Waals surface area contributed by atoms with Gasteiger partial charge < -0.3 is 5.32 Å². The molecule has 1 aromatic rings. The standard InChI is InChI=1S/C10H12FNOS/c11-9-3-1-2-8(6-9)4-5-12-10(13)7-14/h1-3,6,14H,4-5,7H2,(H,12,13). The van der Waals surface area contributed by atoms with E-state index in [1.165, 1.54) is 12.1 Å². The van der Waals surface area contributed by atoms with Crippen molar-refractivity contribution >= 4 is 18.5 Å². The highest BCUT2D eigenvalue weighted by Gasteiger charge is 1.98. The Labute approximate surface area is 87.9 Å². The fraction of sp³-hybridized carbons (Fsp3) is 0.300. The zero-order valence-electron chi connectivity index (χ0n) is 7.66. The van der Waals surface area contributed by atoms with E-state index in [1.807, 2.05) is 6.07 Å². The second kappa shape index (κ2) is 5.65. The average molecular weight is 213 g/mol. The molecule has 14 heavy (non-hydrogen) atoms. The van der Waals surface area contributed by atoms with Crippen LogP contribution in [0, 0.1) is 5.82 Å². The summed E-state index contributed by atoms with van der Waals surface area (Å²) >= 11 is 3.82. The highest BCUT2D eigenvalue weighted by molar-refractivity contribution is 7.81. The predicted octanol–water partition coefficient (Wildman–Crippen LogP) is 1.41. The average Bonchev–Trinajstić information content (AvgIpc) is 2.17. The summed E-state index contributed by atoms with van der Waals surface area (Å²) in [5, 5.41) is 2.66. The molecule has 1 aromatic carbocycles. The van der Waals surface area contributed by atoms with Crippen LogP contribution >= 0.6 is 12.6 Å². The van der Waals surface area contributed by atoms with Gasteiger partial charge in [-0.15, -0.1) is 0 Å². The van der Waals surface area contributed by atoms with Gasteiger partial charge in [0.15, 0.2) is 0 Å². The second-order valence-electron chi connectivity index (χ2n) is 2.89. The summed E-state index contributed by atoms with van der Waals surface area (Å²) in [7, 11) is 0. The smallest absolute Gasteiger partial charge is 0.229 e. The Morgan fingerprint density at radius 2 is 2.29 bits per heavy atom. The lowest BCUT2D eigenvalue weighted by molar-refractivity contribution is -0.118. The maximum Gasteiger partial charge on any atom is 0.229 e. The lowest BCUT2D eigenvalue weighted by Gasteiger charge is -2.03. The van der Waals surface area contributed by atoms with E-state index in [2.05, 4.69) is 17.9 Å². The van der Waals surface area contributed by atoms with Crippen LogP contribution in [0.15, 0.2) is 24.3 Å². The van der Waals surface area contributed by atoms with E-state index in [0.717, 1.165) is 5.56 Å². The fourth-order valence-corrected chi connectivity index (χ4v) is 1.21. The van der Waals surface area contributed by atoms with Gasteiger partial charge in [0, 0.05) is 6.54 Å². The molecule has 0 aliphatic carbocycles. The topological polar surface area (TPSA) is 29.1 Å². The minimum atomic E-state index is -0.247. The van der Waals surface area contributed by atoms with Crippen molar-refractivity contribution in [2.75, 3.05) is 12.3 Å². The number of amides is 1. The molecule has 0 spiro atoms. The van der Waals surface area contributed by atoms with E-state index in [9.17, 15) is 9.18 Å².